The van der Waals surface area contributed by atoms with Gasteiger partial charge in [-0.2, -0.15) is 0 Å². The zero-order chi connectivity index (χ0) is 58.1. The van der Waals surface area contributed by atoms with Crippen molar-refractivity contribution in [1.82, 2.24) is 19.1 Å². The van der Waals surface area contributed by atoms with Gasteiger partial charge in [-0.25, -0.2) is 9.97 Å². The molecule has 0 bridgehead atoms. The fourth-order valence-corrected chi connectivity index (χ4v) is 12.3. The van der Waals surface area contributed by atoms with Crippen molar-refractivity contribution in [3.63, 3.8) is 0 Å². The molecule has 14 aromatic rings. The van der Waals surface area contributed by atoms with Crippen molar-refractivity contribution in [2.75, 3.05) is 0 Å². The Morgan fingerprint density at radius 1 is 0.384 bits per heavy atom. The van der Waals surface area contributed by atoms with E-state index in [0.29, 0.717) is 0 Å². The largest absolute Gasteiger partial charge is 0.498 e. The van der Waals surface area contributed by atoms with Gasteiger partial charge < -0.3 is 18.8 Å². The summed E-state index contributed by atoms with van der Waals surface area (Å²) in [6.45, 7) is 10.2. The minimum Gasteiger partial charge on any atom is -0.456 e. The standard InChI is InChI=1S/C35H22N2O.C22H20BO3.C19H13BrN2/c1-2-9-24(10-3-1)35-36-30-14-5-6-15-31(30)37(35)25-19-17-23(18-20-25)26-21-22-33-34-28(26)12-8-13-29(34)27-11-4-7-16-32(27)38-33;1-21(2)22(3,4)26-23(25-21)17-12-13-19-20-15(9-7-10-16(17)20)14-8-5-6-11-18(14)24-19;20-15-10-12-16(13-11-15)22-18-9-5-4-8-17(18)21-19(22)14-6-2-1-3-7-14/h1-22H;5-13H,1H2,2-4H3;1-13H/q;+1;. The average Bonchev–Trinajstić information content (AvgIpc) is 1.10. The number of rotatable bonds is 6. The van der Waals surface area contributed by atoms with Crippen molar-refractivity contribution in [3.05, 3.63) is 278 Å². The molecule has 0 aliphatic carbocycles. The van der Waals surface area contributed by atoms with E-state index in [1.807, 2.05) is 106 Å². The van der Waals surface area contributed by atoms with Crippen LogP contribution in [0.25, 0.3) is 111 Å². The first-order chi connectivity index (χ1) is 42.0. The molecule has 3 aliphatic heterocycles. The second-order valence-electron chi connectivity index (χ2n) is 22.5. The first-order valence-electron chi connectivity index (χ1n) is 28.8. The molecule has 17 rings (SSSR count). The van der Waals surface area contributed by atoms with Crippen LogP contribution in [0.15, 0.2) is 271 Å². The van der Waals surface area contributed by atoms with Gasteiger partial charge in [0.25, 0.3) is 0 Å². The van der Waals surface area contributed by atoms with Gasteiger partial charge >= 0.3 is 7.12 Å². The summed E-state index contributed by atoms with van der Waals surface area (Å²) >= 11 is 3.50. The van der Waals surface area contributed by atoms with Crippen LogP contribution in [0.1, 0.15) is 20.8 Å². The minimum absolute atomic E-state index is 0.450. The van der Waals surface area contributed by atoms with Crippen molar-refractivity contribution < 1.29 is 18.8 Å². The number of benzene rings is 12. The quantitative estimate of drug-likeness (QED) is 0.122. The average molecular weight is 1180 g/mol. The molecule has 5 heterocycles. The van der Waals surface area contributed by atoms with Gasteiger partial charge in [0.2, 0.25) is 5.60 Å². The van der Waals surface area contributed by atoms with E-state index in [9.17, 15) is 0 Å². The summed E-state index contributed by atoms with van der Waals surface area (Å²) < 4.78 is 30.4. The van der Waals surface area contributed by atoms with E-state index in [2.05, 4.69) is 214 Å². The van der Waals surface area contributed by atoms with Gasteiger partial charge in [-0.1, -0.05) is 198 Å². The Balaban J connectivity index is 0.000000114. The van der Waals surface area contributed by atoms with Crippen LogP contribution in [0.2, 0.25) is 0 Å². The van der Waals surface area contributed by atoms with E-state index in [1.54, 1.807) is 0 Å². The fraction of sp³-hybridized carbons (Fsp3) is 0.0658. The predicted molar refractivity (Wildman–Crippen MR) is 354 cm³/mol. The molecule has 1 saturated heterocycles. The van der Waals surface area contributed by atoms with Crippen molar-refractivity contribution >= 4 is 72.1 Å². The molecule has 1 unspecified atom stereocenters. The smallest absolute Gasteiger partial charge is 0.456 e. The molecule has 3 aliphatic rings. The lowest BCUT2D eigenvalue weighted by Crippen LogP contribution is -2.42. The van der Waals surface area contributed by atoms with E-state index in [1.165, 1.54) is 33.0 Å². The Kier molecular flexibility index (Phi) is 13.1. The van der Waals surface area contributed by atoms with Crippen LogP contribution >= 0.6 is 15.9 Å². The number of nitrogens with zero attached hydrogens (tertiary/aromatic N) is 4. The summed E-state index contributed by atoms with van der Waals surface area (Å²) in [4.78, 5) is 9.82. The first kappa shape index (κ1) is 52.8. The molecule has 86 heavy (non-hydrogen) atoms. The lowest BCUT2D eigenvalue weighted by molar-refractivity contribution is 0.0262. The third kappa shape index (κ3) is 9.21. The fourth-order valence-electron chi connectivity index (χ4n) is 12.1. The number of ether oxygens (including phenoxy) is 2. The Morgan fingerprint density at radius 3 is 1.37 bits per heavy atom. The third-order valence-corrected chi connectivity index (χ3v) is 17.4. The van der Waals surface area contributed by atoms with Crippen molar-refractivity contribution in [2.24, 2.45) is 0 Å². The van der Waals surface area contributed by atoms with Gasteiger partial charge in [-0.3, -0.25) is 9.13 Å². The molecule has 0 spiro atoms. The highest BCUT2D eigenvalue weighted by Gasteiger charge is 2.57. The first-order valence-corrected chi connectivity index (χ1v) is 29.6. The molecule has 2 aromatic heterocycles. The van der Waals surface area contributed by atoms with Crippen LogP contribution in [-0.2, 0) is 9.31 Å². The van der Waals surface area contributed by atoms with Gasteiger partial charge in [-0.05, 0) is 137 Å². The molecule has 1 fully saturated rings. The highest BCUT2D eigenvalue weighted by Crippen LogP contribution is 2.50. The molecule has 8 nitrogen and oxygen atoms in total. The number of hydrogen-bond acceptors (Lipinski definition) is 6. The maximum Gasteiger partial charge on any atom is 0.498 e. The second kappa shape index (κ2) is 21.3. The van der Waals surface area contributed by atoms with E-state index in [0.717, 1.165) is 111 Å². The normalized spacial score (nSPS) is 15.0. The monoisotopic (exact) mass is 1180 g/mol. The molecule has 1 atom stereocenters. The van der Waals surface area contributed by atoms with Crippen LogP contribution < -0.4 is 14.9 Å². The maximum absolute atomic E-state index is 6.29. The number of hydrogen-bond donors (Lipinski definition) is 0. The summed E-state index contributed by atoms with van der Waals surface area (Å²) in [6, 6.07) is 91.9. The maximum atomic E-state index is 6.29. The SMILES string of the molecule is Brc1ccc(-n2c(-c3ccccc3)nc3ccccc32)cc1.[CH2+]C1(C)OB(c2ccc3c4c(cccc24)-c2ccccc2O3)OC1(C)C.c1ccc(-c2nc3ccccc3n2-c2ccc(-c3ccc4c5c(cccc35)-c3ccccc3O4)cc2)cc1. The molecule has 10 heteroatoms. The van der Waals surface area contributed by atoms with Crippen LogP contribution in [0, 0.1) is 6.92 Å². The molecule has 0 N–H and O–H groups in total. The lowest BCUT2D eigenvalue weighted by Gasteiger charge is -2.25. The second-order valence-corrected chi connectivity index (χ2v) is 23.4. The van der Waals surface area contributed by atoms with E-state index in [-0.39, 0.29) is 0 Å². The molecule has 412 valence electrons. The number of halogens is 1. The Bertz CT molecular complexity index is 4890. The van der Waals surface area contributed by atoms with E-state index < -0.39 is 18.3 Å². The van der Waals surface area contributed by atoms with Gasteiger partial charge in [-0.15, -0.1) is 0 Å². The zero-order valence-electron chi connectivity index (χ0n) is 47.5. The van der Waals surface area contributed by atoms with E-state index >= 15 is 0 Å². The number of fused-ring (bicyclic) bond motifs is 6. The molecular weight excluding hydrogens is 1120 g/mol. The molecule has 0 amide bonds. The third-order valence-electron chi connectivity index (χ3n) is 16.8. The predicted octanol–water partition coefficient (Wildman–Crippen LogP) is 19.5. The number of imidazole rings is 2. The number of para-hydroxylation sites is 6. The van der Waals surface area contributed by atoms with Gasteiger partial charge in [0.15, 0.2) is 0 Å². The molecule has 0 radical (unpaired) electrons. The summed E-state index contributed by atoms with van der Waals surface area (Å²) in [5.74, 6) is 5.48. The lowest BCUT2D eigenvalue weighted by atomic mass is 9.75. The molecule has 0 saturated carbocycles. The number of aromatic nitrogens is 4. The van der Waals surface area contributed by atoms with Crippen molar-refractivity contribution in [3.8, 4) is 90.5 Å². The summed E-state index contributed by atoms with van der Waals surface area (Å²) in [6.07, 6.45) is 0. The van der Waals surface area contributed by atoms with Crippen LogP contribution in [0.5, 0.6) is 23.0 Å². The minimum atomic E-state index is -0.611. The molecular formula is C76H55BBrN4O4+. The Labute approximate surface area is 507 Å². The van der Waals surface area contributed by atoms with Crippen LogP contribution in [-0.4, -0.2) is 37.4 Å². The van der Waals surface area contributed by atoms with Gasteiger partial charge in [0.05, 0.1) is 29.0 Å². The van der Waals surface area contributed by atoms with Crippen LogP contribution in [0.3, 0.4) is 0 Å². The summed E-state index contributed by atoms with van der Waals surface area (Å²) in [5, 5.41) is 4.56. The Morgan fingerprint density at radius 2 is 0.837 bits per heavy atom. The topological polar surface area (TPSA) is 72.6 Å². The summed E-state index contributed by atoms with van der Waals surface area (Å²) in [7, 11) is -0.450. The van der Waals surface area contributed by atoms with E-state index in [4.69, 9.17) is 28.8 Å². The van der Waals surface area contributed by atoms with Gasteiger partial charge in [0.1, 0.15) is 40.2 Å². The van der Waals surface area contributed by atoms with Crippen molar-refractivity contribution in [2.45, 2.75) is 32.0 Å². The zero-order valence-corrected chi connectivity index (χ0v) is 49.1. The van der Waals surface area contributed by atoms with Crippen molar-refractivity contribution in [1.29, 1.82) is 0 Å². The summed E-state index contributed by atoms with van der Waals surface area (Å²) in [5.41, 5.74) is 15.5. The van der Waals surface area contributed by atoms with Gasteiger partial charge in [0, 0.05) is 55.8 Å². The highest BCUT2D eigenvalue weighted by molar-refractivity contribution is 9.10. The Hall–Kier alpha value is -9.97. The highest BCUT2D eigenvalue weighted by atomic mass is 79.9. The molecule has 12 aromatic carbocycles. The van der Waals surface area contributed by atoms with Crippen LogP contribution in [0.4, 0.5) is 0 Å².